The fourth-order valence-corrected chi connectivity index (χ4v) is 3.31. The van der Waals surface area contributed by atoms with Crippen LogP contribution in [0.25, 0.3) is 0 Å². The molecule has 0 bridgehead atoms. The Balaban J connectivity index is 1.86. The van der Waals surface area contributed by atoms with Gasteiger partial charge in [-0.2, -0.15) is 5.10 Å². The first kappa shape index (κ1) is 13.4. The van der Waals surface area contributed by atoms with Gasteiger partial charge in [-0.1, -0.05) is 30.3 Å². The van der Waals surface area contributed by atoms with Gasteiger partial charge in [-0.25, -0.2) is 0 Å². The molecule has 1 aromatic carbocycles. The molecule has 3 heteroatoms. The van der Waals surface area contributed by atoms with E-state index < -0.39 is 0 Å². The predicted octanol–water partition coefficient (Wildman–Crippen LogP) is 3.02. The molecule has 1 aliphatic heterocycles. The molecule has 2 aromatic rings. The molecule has 0 amide bonds. The summed E-state index contributed by atoms with van der Waals surface area (Å²) in [7, 11) is 0. The van der Waals surface area contributed by atoms with Crippen molar-refractivity contribution in [2.45, 2.75) is 39.2 Å². The van der Waals surface area contributed by atoms with Gasteiger partial charge in [-0.05, 0) is 38.8 Å². The summed E-state index contributed by atoms with van der Waals surface area (Å²) in [6.45, 7) is 7.49. The van der Waals surface area contributed by atoms with Crippen molar-refractivity contribution in [1.82, 2.24) is 15.1 Å². The third-order valence-electron chi connectivity index (χ3n) is 4.32. The molecule has 0 saturated carbocycles. The minimum atomic E-state index is 0.633. The van der Waals surface area contributed by atoms with Gasteiger partial charge in [-0.15, -0.1) is 0 Å². The van der Waals surface area contributed by atoms with E-state index in [1.165, 1.54) is 35.4 Å². The van der Waals surface area contributed by atoms with Crippen LogP contribution in [0.4, 0.5) is 0 Å². The van der Waals surface area contributed by atoms with Crippen molar-refractivity contribution < 1.29 is 0 Å². The van der Waals surface area contributed by atoms with Crippen LogP contribution in [0.1, 0.15) is 41.3 Å². The molecule has 1 saturated heterocycles. The van der Waals surface area contributed by atoms with Crippen LogP contribution in [0.2, 0.25) is 0 Å². The van der Waals surface area contributed by atoms with Crippen LogP contribution in [-0.2, 0) is 6.54 Å². The van der Waals surface area contributed by atoms with Crippen LogP contribution >= 0.6 is 0 Å². The largest absolute Gasteiger partial charge is 0.316 e. The molecule has 1 aromatic heterocycles. The molecule has 1 unspecified atom stereocenters. The highest BCUT2D eigenvalue weighted by atomic mass is 15.3. The van der Waals surface area contributed by atoms with Gasteiger partial charge in [0, 0.05) is 23.7 Å². The molecule has 1 aliphatic rings. The zero-order valence-corrected chi connectivity index (χ0v) is 12.4. The maximum absolute atomic E-state index is 4.77. The van der Waals surface area contributed by atoms with Crippen LogP contribution in [-0.4, -0.2) is 22.9 Å². The third kappa shape index (κ3) is 2.63. The van der Waals surface area contributed by atoms with Crippen molar-refractivity contribution >= 4 is 0 Å². The van der Waals surface area contributed by atoms with E-state index in [9.17, 15) is 0 Å². The number of nitrogens with one attached hydrogen (secondary N) is 1. The normalized spacial score (nSPS) is 19.2. The van der Waals surface area contributed by atoms with Crippen molar-refractivity contribution in [3.05, 3.63) is 52.8 Å². The molecule has 0 aliphatic carbocycles. The summed E-state index contributed by atoms with van der Waals surface area (Å²) in [5, 5.41) is 8.28. The van der Waals surface area contributed by atoms with Crippen molar-refractivity contribution in [1.29, 1.82) is 0 Å². The maximum atomic E-state index is 4.77. The van der Waals surface area contributed by atoms with Crippen LogP contribution in [0.15, 0.2) is 30.3 Å². The fraction of sp³-hybridized carbons (Fsp3) is 0.471. The maximum Gasteiger partial charge on any atom is 0.0662 e. The molecule has 1 fully saturated rings. The Bertz CT molecular complexity index is 565. The first-order chi connectivity index (χ1) is 9.75. The summed E-state index contributed by atoms with van der Waals surface area (Å²) >= 11 is 0. The summed E-state index contributed by atoms with van der Waals surface area (Å²) in [5.41, 5.74) is 5.31. The molecule has 106 valence electrons. The quantitative estimate of drug-likeness (QED) is 0.928. The van der Waals surface area contributed by atoms with Gasteiger partial charge in [0.15, 0.2) is 0 Å². The molecule has 3 rings (SSSR count). The number of rotatable bonds is 3. The lowest BCUT2D eigenvalue weighted by atomic mass is 9.90. The Labute approximate surface area is 121 Å². The van der Waals surface area contributed by atoms with Crippen molar-refractivity contribution in [2.24, 2.45) is 0 Å². The number of hydrogen-bond acceptors (Lipinski definition) is 2. The average Bonchev–Trinajstić information content (AvgIpc) is 2.75. The van der Waals surface area contributed by atoms with E-state index in [1.807, 2.05) is 0 Å². The summed E-state index contributed by atoms with van der Waals surface area (Å²) in [6.07, 6.45) is 2.55. The van der Waals surface area contributed by atoms with E-state index >= 15 is 0 Å². The third-order valence-corrected chi connectivity index (χ3v) is 4.32. The molecule has 1 atom stereocenters. The lowest BCUT2D eigenvalue weighted by Crippen LogP contribution is -2.28. The smallest absolute Gasteiger partial charge is 0.0662 e. The molecular formula is C17H23N3. The highest BCUT2D eigenvalue weighted by molar-refractivity contribution is 5.30. The molecule has 1 N–H and O–H groups in total. The zero-order chi connectivity index (χ0) is 13.9. The van der Waals surface area contributed by atoms with Gasteiger partial charge in [0.25, 0.3) is 0 Å². The van der Waals surface area contributed by atoms with Gasteiger partial charge >= 0.3 is 0 Å². The lowest BCUT2D eigenvalue weighted by molar-refractivity contribution is 0.458. The van der Waals surface area contributed by atoms with Crippen molar-refractivity contribution in [2.75, 3.05) is 13.1 Å². The topological polar surface area (TPSA) is 29.9 Å². The predicted molar refractivity (Wildman–Crippen MR) is 82.1 cm³/mol. The van der Waals surface area contributed by atoms with Gasteiger partial charge < -0.3 is 5.32 Å². The van der Waals surface area contributed by atoms with Crippen LogP contribution in [0.5, 0.6) is 0 Å². The van der Waals surface area contributed by atoms with E-state index in [4.69, 9.17) is 5.10 Å². The summed E-state index contributed by atoms with van der Waals surface area (Å²) in [6, 6.07) is 10.6. The van der Waals surface area contributed by atoms with E-state index in [-0.39, 0.29) is 0 Å². The fourth-order valence-electron chi connectivity index (χ4n) is 3.31. The monoisotopic (exact) mass is 269 g/mol. The van der Waals surface area contributed by atoms with Gasteiger partial charge in [0.05, 0.1) is 12.2 Å². The SMILES string of the molecule is Cc1nn(Cc2ccccc2)c(C)c1C1CCCNC1. The van der Waals surface area contributed by atoms with E-state index in [1.54, 1.807) is 0 Å². The first-order valence-corrected chi connectivity index (χ1v) is 7.54. The van der Waals surface area contributed by atoms with Gasteiger partial charge in [0.1, 0.15) is 0 Å². The molecule has 20 heavy (non-hydrogen) atoms. The Morgan fingerprint density at radius 3 is 2.75 bits per heavy atom. The van der Waals surface area contributed by atoms with Crippen LogP contribution < -0.4 is 5.32 Å². The number of hydrogen-bond donors (Lipinski definition) is 1. The number of piperidine rings is 1. The van der Waals surface area contributed by atoms with Crippen LogP contribution in [0.3, 0.4) is 0 Å². The van der Waals surface area contributed by atoms with Gasteiger partial charge in [-0.3, -0.25) is 4.68 Å². The number of nitrogens with zero attached hydrogens (tertiary/aromatic N) is 2. The van der Waals surface area contributed by atoms with Gasteiger partial charge in [0.2, 0.25) is 0 Å². The van der Waals surface area contributed by atoms with E-state index in [2.05, 4.69) is 54.2 Å². The molecule has 3 nitrogen and oxygen atoms in total. The standard InChI is InChI=1S/C17H23N3/c1-13-17(16-9-6-10-18-11-16)14(2)20(19-13)12-15-7-4-3-5-8-15/h3-5,7-8,16,18H,6,9-12H2,1-2H3. The second kappa shape index (κ2) is 5.80. The molecule has 0 spiro atoms. The number of aryl methyl sites for hydroxylation is 1. The van der Waals surface area contributed by atoms with E-state index in [0.717, 1.165) is 19.6 Å². The Morgan fingerprint density at radius 2 is 2.05 bits per heavy atom. The second-order valence-corrected chi connectivity index (χ2v) is 5.77. The molecule has 2 heterocycles. The average molecular weight is 269 g/mol. The molecular weight excluding hydrogens is 246 g/mol. The lowest BCUT2D eigenvalue weighted by Gasteiger charge is -2.23. The van der Waals surface area contributed by atoms with E-state index in [0.29, 0.717) is 5.92 Å². The summed E-state index contributed by atoms with van der Waals surface area (Å²) < 4.78 is 2.16. The first-order valence-electron chi connectivity index (χ1n) is 7.54. The molecule has 0 radical (unpaired) electrons. The Morgan fingerprint density at radius 1 is 1.25 bits per heavy atom. The zero-order valence-electron chi connectivity index (χ0n) is 12.4. The highest BCUT2D eigenvalue weighted by Gasteiger charge is 2.22. The minimum Gasteiger partial charge on any atom is -0.316 e. The second-order valence-electron chi connectivity index (χ2n) is 5.77. The van der Waals surface area contributed by atoms with Crippen LogP contribution in [0, 0.1) is 13.8 Å². The number of aromatic nitrogens is 2. The highest BCUT2D eigenvalue weighted by Crippen LogP contribution is 2.29. The summed E-state index contributed by atoms with van der Waals surface area (Å²) in [5.74, 6) is 0.633. The Kier molecular flexibility index (Phi) is 3.88. The number of benzene rings is 1. The van der Waals surface area contributed by atoms with Crippen molar-refractivity contribution in [3.8, 4) is 0 Å². The Hall–Kier alpha value is -1.61. The van der Waals surface area contributed by atoms with Crippen molar-refractivity contribution in [3.63, 3.8) is 0 Å². The minimum absolute atomic E-state index is 0.633. The summed E-state index contributed by atoms with van der Waals surface area (Å²) in [4.78, 5) is 0.